The van der Waals surface area contributed by atoms with Crippen molar-refractivity contribution in [3.63, 3.8) is 0 Å². The van der Waals surface area contributed by atoms with Crippen molar-refractivity contribution in [3.8, 4) is 0 Å². The van der Waals surface area contributed by atoms with Crippen LogP contribution in [0.1, 0.15) is 26.0 Å². The number of thioether (sulfide) groups is 1. The maximum Gasteiger partial charge on any atom is 0.156 e. The highest BCUT2D eigenvalue weighted by Crippen LogP contribution is 2.19. The van der Waals surface area contributed by atoms with Crippen LogP contribution >= 0.6 is 23.1 Å². The fourth-order valence-corrected chi connectivity index (χ4v) is 3.46. The lowest BCUT2D eigenvalue weighted by molar-refractivity contribution is 0.502. The summed E-state index contributed by atoms with van der Waals surface area (Å²) in [7, 11) is 0. The summed E-state index contributed by atoms with van der Waals surface area (Å²) < 4.78 is 0. The fourth-order valence-electron chi connectivity index (χ4n) is 1.86. The first-order chi connectivity index (χ1) is 8.24. The van der Waals surface area contributed by atoms with Crippen molar-refractivity contribution < 1.29 is 0 Å². The van der Waals surface area contributed by atoms with E-state index in [9.17, 15) is 0 Å². The van der Waals surface area contributed by atoms with E-state index >= 15 is 0 Å². The molecule has 94 valence electrons. The zero-order chi connectivity index (χ0) is 12.1. The van der Waals surface area contributed by atoms with Gasteiger partial charge in [-0.15, -0.1) is 11.3 Å². The van der Waals surface area contributed by atoms with Crippen LogP contribution in [0.3, 0.4) is 0 Å². The van der Waals surface area contributed by atoms with Gasteiger partial charge in [-0.1, -0.05) is 25.6 Å². The Balaban J connectivity index is 1.72. The normalized spacial score (nSPS) is 22.3. The summed E-state index contributed by atoms with van der Waals surface area (Å²) in [5.41, 5.74) is 3.03. The van der Waals surface area contributed by atoms with Crippen LogP contribution in [0.4, 0.5) is 0 Å². The summed E-state index contributed by atoms with van der Waals surface area (Å²) in [6.45, 7) is 5.38. The van der Waals surface area contributed by atoms with Gasteiger partial charge in [0, 0.05) is 30.1 Å². The maximum absolute atomic E-state index is 4.59. The lowest BCUT2D eigenvalue weighted by atomic mass is 10.1. The second kappa shape index (κ2) is 6.40. The average Bonchev–Trinajstić information content (AvgIpc) is 2.89. The summed E-state index contributed by atoms with van der Waals surface area (Å²) in [6.07, 6.45) is 2.18. The highest BCUT2D eigenvalue weighted by atomic mass is 32.2. The maximum atomic E-state index is 4.59. The Morgan fingerprint density at radius 1 is 1.59 bits per heavy atom. The molecule has 0 amide bonds. The van der Waals surface area contributed by atoms with Crippen LogP contribution in [0.5, 0.6) is 0 Å². The van der Waals surface area contributed by atoms with Crippen molar-refractivity contribution in [2.45, 2.75) is 32.7 Å². The number of aromatic nitrogens is 1. The summed E-state index contributed by atoms with van der Waals surface area (Å²) >= 11 is 3.50. The van der Waals surface area contributed by atoms with Crippen LogP contribution in [0.25, 0.3) is 0 Å². The molecular weight excluding hydrogens is 250 g/mol. The van der Waals surface area contributed by atoms with Gasteiger partial charge in [0.15, 0.2) is 5.17 Å². The highest BCUT2D eigenvalue weighted by molar-refractivity contribution is 8.14. The van der Waals surface area contributed by atoms with Gasteiger partial charge in [0.25, 0.3) is 0 Å². The lowest BCUT2D eigenvalue weighted by Crippen LogP contribution is -2.28. The first-order valence-corrected chi connectivity index (χ1v) is 7.97. The predicted molar refractivity (Wildman–Crippen MR) is 77.0 cm³/mol. The molecule has 5 heteroatoms. The SMILES string of the molecule is CC(C)CC1CSC(=NCCc2cscn2)N1. The monoisotopic (exact) mass is 269 g/mol. The van der Waals surface area contributed by atoms with Crippen molar-refractivity contribution in [2.75, 3.05) is 12.3 Å². The van der Waals surface area contributed by atoms with Gasteiger partial charge in [-0.25, -0.2) is 4.98 Å². The van der Waals surface area contributed by atoms with E-state index in [0.717, 1.165) is 35.5 Å². The minimum atomic E-state index is 0.609. The van der Waals surface area contributed by atoms with E-state index in [0.29, 0.717) is 6.04 Å². The topological polar surface area (TPSA) is 37.3 Å². The number of nitrogens with zero attached hydrogens (tertiary/aromatic N) is 2. The number of hydrogen-bond acceptors (Lipinski definition) is 4. The molecule has 1 aromatic rings. The third-order valence-corrected chi connectivity index (χ3v) is 4.34. The van der Waals surface area contributed by atoms with Crippen LogP contribution in [0.15, 0.2) is 15.9 Å². The van der Waals surface area contributed by atoms with Crippen molar-refractivity contribution >= 4 is 28.3 Å². The molecule has 2 rings (SSSR count). The molecule has 0 saturated carbocycles. The quantitative estimate of drug-likeness (QED) is 0.893. The molecule has 1 aliphatic rings. The van der Waals surface area contributed by atoms with Gasteiger partial charge in [-0.05, 0) is 12.3 Å². The van der Waals surface area contributed by atoms with Gasteiger partial charge in [0.2, 0.25) is 0 Å². The van der Waals surface area contributed by atoms with Crippen LogP contribution in [-0.2, 0) is 6.42 Å². The van der Waals surface area contributed by atoms with Crippen molar-refractivity contribution in [2.24, 2.45) is 10.9 Å². The second-order valence-electron chi connectivity index (χ2n) is 4.70. The van der Waals surface area contributed by atoms with Crippen molar-refractivity contribution in [1.82, 2.24) is 10.3 Å². The zero-order valence-electron chi connectivity index (χ0n) is 10.3. The van der Waals surface area contributed by atoms with E-state index in [1.165, 1.54) is 6.42 Å². The molecule has 17 heavy (non-hydrogen) atoms. The number of hydrogen-bond donors (Lipinski definition) is 1. The third kappa shape index (κ3) is 4.32. The summed E-state index contributed by atoms with van der Waals surface area (Å²) in [6, 6.07) is 0.609. The van der Waals surface area contributed by atoms with E-state index in [1.807, 2.05) is 17.3 Å². The van der Waals surface area contributed by atoms with Crippen molar-refractivity contribution in [3.05, 3.63) is 16.6 Å². The van der Waals surface area contributed by atoms with E-state index in [-0.39, 0.29) is 0 Å². The Morgan fingerprint density at radius 2 is 2.47 bits per heavy atom. The molecule has 1 unspecified atom stereocenters. The van der Waals surface area contributed by atoms with Crippen LogP contribution in [0, 0.1) is 5.92 Å². The first-order valence-electron chi connectivity index (χ1n) is 6.05. The Morgan fingerprint density at radius 3 is 3.18 bits per heavy atom. The number of nitrogens with one attached hydrogen (secondary N) is 1. The van der Waals surface area contributed by atoms with E-state index in [4.69, 9.17) is 0 Å². The summed E-state index contributed by atoms with van der Waals surface area (Å²) in [4.78, 5) is 8.85. The lowest BCUT2D eigenvalue weighted by Gasteiger charge is -2.11. The van der Waals surface area contributed by atoms with E-state index < -0.39 is 0 Å². The molecule has 0 bridgehead atoms. The predicted octanol–water partition coefficient (Wildman–Crippen LogP) is 2.79. The molecule has 1 aromatic heterocycles. The molecule has 1 saturated heterocycles. The molecule has 0 radical (unpaired) electrons. The second-order valence-corrected chi connectivity index (χ2v) is 6.43. The minimum Gasteiger partial charge on any atom is -0.361 e. The van der Waals surface area contributed by atoms with Gasteiger partial charge < -0.3 is 5.32 Å². The molecule has 1 aliphatic heterocycles. The fraction of sp³-hybridized carbons (Fsp3) is 0.667. The van der Waals surface area contributed by atoms with E-state index in [1.54, 1.807) is 11.3 Å². The smallest absolute Gasteiger partial charge is 0.156 e. The zero-order valence-corrected chi connectivity index (χ0v) is 12.0. The Labute approximate surface area is 111 Å². The molecule has 1 fully saturated rings. The van der Waals surface area contributed by atoms with Crippen molar-refractivity contribution in [1.29, 1.82) is 0 Å². The number of amidine groups is 1. The Hall–Kier alpha value is -0.550. The number of thiazole rings is 1. The molecular formula is C12H19N3S2. The minimum absolute atomic E-state index is 0.609. The van der Waals surface area contributed by atoms with Gasteiger partial charge in [0.1, 0.15) is 0 Å². The van der Waals surface area contributed by atoms with Crippen LogP contribution in [-0.4, -0.2) is 28.5 Å². The molecule has 1 N–H and O–H groups in total. The van der Waals surface area contributed by atoms with Crippen LogP contribution < -0.4 is 5.32 Å². The summed E-state index contributed by atoms with van der Waals surface area (Å²) in [5, 5.41) is 6.71. The average molecular weight is 269 g/mol. The molecule has 2 heterocycles. The van der Waals surface area contributed by atoms with Gasteiger partial charge >= 0.3 is 0 Å². The number of aliphatic imine (C=N–C) groups is 1. The Bertz CT molecular complexity index is 360. The summed E-state index contributed by atoms with van der Waals surface area (Å²) in [5.74, 6) is 1.91. The highest BCUT2D eigenvalue weighted by Gasteiger charge is 2.20. The molecule has 0 aromatic carbocycles. The van der Waals surface area contributed by atoms with Crippen LogP contribution in [0.2, 0.25) is 0 Å². The molecule has 0 spiro atoms. The first kappa shape index (κ1) is 12.9. The van der Waals surface area contributed by atoms with Gasteiger partial charge in [0.05, 0.1) is 11.2 Å². The molecule has 3 nitrogen and oxygen atoms in total. The van der Waals surface area contributed by atoms with Gasteiger partial charge in [-0.3, -0.25) is 4.99 Å². The van der Waals surface area contributed by atoms with E-state index in [2.05, 4.69) is 34.5 Å². The largest absolute Gasteiger partial charge is 0.361 e. The Kier molecular flexibility index (Phi) is 4.86. The standard InChI is InChI=1S/C12H19N3S2/c1-9(2)5-11-7-17-12(15-11)13-4-3-10-6-16-8-14-10/h6,8-9,11H,3-5,7H2,1-2H3,(H,13,15). The van der Waals surface area contributed by atoms with Gasteiger partial charge in [-0.2, -0.15) is 0 Å². The third-order valence-electron chi connectivity index (χ3n) is 2.61. The number of rotatable bonds is 5. The molecule has 1 atom stereocenters. The molecule has 0 aliphatic carbocycles.